The monoisotopic (exact) mass is 154 g/mol. The van der Waals surface area contributed by atoms with Crippen LogP contribution in [0.4, 0.5) is 0 Å². The Kier molecular flexibility index (Phi) is 5.13. The van der Waals surface area contributed by atoms with Gasteiger partial charge in [-0.05, 0) is 0 Å². The van der Waals surface area contributed by atoms with E-state index in [1.807, 2.05) is 0 Å². The van der Waals surface area contributed by atoms with Crippen LogP contribution < -0.4 is 0 Å². The van der Waals surface area contributed by atoms with E-state index in [0.29, 0.717) is 0 Å². The van der Waals surface area contributed by atoms with Crippen molar-refractivity contribution in [3.05, 3.63) is 0 Å². The minimum Gasteiger partial charge on any atom is -0.402 e. The highest BCUT2D eigenvalue weighted by Gasteiger charge is 2.15. The van der Waals surface area contributed by atoms with E-state index < -0.39 is 13.2 Å². The van der Waals surface area contributed by atoms with E-state index in [1.165, 1.54) is 7.11 Å². The fraction of sp³-hybridized carbons (Fsp3) is 0.600. The van der Waals surface area contributed by atoms with Crippen LogP contribution in [0.15, 0.2) is 0 Å². The van der Waals surface area contributed by atoms with E-state index in [9.17, 15) is 0 Å². The van der Waals surface area contributed by atoms with E-state index in [0.717, 1.165) is 0 Å². The molecule has 0 aliphatic rings. The van der Waals surface area contributed by atoms with E-state index in [1.54, 1.807) is 12.1 Å². The second-order valence-electron chi connectivity index (χ2n) is 1.69. The largest absolute Gasteiger partial charge is 0.636 e. The highest BCUT2D eigenvalue weighted by Crippen LogP contribution is 1.93. The molecule has 58 valence electrons. The molecule has 0 heterocycles. The average Bonchev–Trinajstić information content (AvgIpc) is 2.06. The lowest BCUT2D eigenvalue weighted by molar-refractivity contribution is 0.153. The number of nitrogens with zero attached hydrogens (tertiary/aromatic N) is 2. The van der Waals surface area contributed by atoms with Gasteiger partial charge in [-0.1, -0.05) is 0 Å². The third-order valence-corrected chi connectivity index (χ3v) is 0.919. The molecule has 0 aromatic carbocycles. The van der Waals surface area contributed by atoms with Crippen LogP contribution in [0.25, 0.3) is 0 Å². The third-order valence-electron chi connectivity index (χ3n) is 0.919. The van der Waals surface area contributed by atoms with Crippen molar-refractivity contribution in [3.8, 4) is 12.1 Å². The standard InChI is InChI=1S/C5H7BN2O3/c1-10-6(9)11-4-5(2-7)3-8/h5,9H,4H2,1H3. The molecule has 0 amide bonds. The number of hydrogen-bond donors (Lipinski definition) is 1. The molecular formula is C5H7BN2O3. The molecule has 0 rings (SSSR count). The summed E-state index contributed by atoms with van der Waals surface area (Å²) in [6, 6.07) is 3.36. The van der Waals surface area contributed by atoms with E-state index in [4.69, 9.17) is 15.5 Å². The van der Waals surface area contributed by atoms with Crippen molar-refractivity contribution in [2.45, 2.75) is 0 Å². The van der Waals surface area contributed by atoms with Gasteiger partial charge in [0.15, 0.2) is 5.92 Å². The molecule has 1 N–H and O–H groups in total. The van der Waals surface area contributed by atoms with Gasteiger partial charge in [0.1, 0.15) is 0 Å². The fourth-order valence-electron chi connectivity index (χ4n) is 0.350. The molecule has 5 nitrogen and oxygen atoms in total. The van der Waals surface area contributed by atoms with Crippen molar-refractivity contribution in [2.24, 2.45) is 5.92 Å². The Hall–Kier alpha value is -1.08. The van der Waals surface area contributed by atoms with Crippen molar-refractivity contribution in [3.63, 3.8) is 0 Å². The van der Waals surface area contributed by atoms with Crippen LogP contribution in [0.5, 0.6) is 0 Å². The first-order valence-corrected chi connectivity index (χ1v) is 2.86. The fourth-order valence-corrected chi connectivity index (χ4v) is 0.350. The zero-order valence-electron chi connectivity index (χ0n) is 6.02. The quantitative estimate of drug-likeness (QED) is 0.540. The Morgan fingerprint density at radius 2 is 2.09 bits per heavy atom. The summed E-state index contributed by atoms with van der Waals surface area (Å²) in [6.07, 6.45) is 0. The summed E-state index contributed by atoms with van der Waals surface area (Å²) in [4.78, 5) is 0. The van der Waals surface area contributed by atoms with Crippen molar-refractivity contribution >= 4 is 7.32 Å². The van der Waals surface area contributed by atoms with Gasteiger partial charge in [-0.3, -0.25) is 0 Å². The molecular weight excluding hydrogens is 147 g/mol. The Morgan fingerprint density at radius 1 is 1.55 bits per heavy atom. The lowest BCUT2D eigenvalue weighted by atomic mass is 10.2. The highest BCUT2D eigenvalue weighted by molar-refractivity contribution is 6.34. The summed E-state index contributed by atoms with van der Waals surface area (Å²) in [5.41, 5.74) is 0. The van der Waals surface area contributed by atoms with Crippen LogP contribution in [0, 0.1) is 28.6 Å². The van der Waals surface area contributed by atoms with Gasteiger partial charge in [-0.15, -0.1) is 0 Å². The lowest BCUT2D eigenvalue weighted by Crippen LogP contribution is -2.23. The molecule has 0 fully saturated rings. The molecule has 6 heteroatoms. The van der Waals surface area contributed by atoms with Gasteiger partial charge in [0, 0.05) is 7.11 Å². The molecule has 0 saturated carbocycles. The molecule has 0 aliphatic heterocycles. The molecule has 0 radical (unpaired) electrons. The van der Waals surface area contributed by atoms with Crippen LogP contribution in [0.2, 0.25) is 0 Å². The van der Waals surface area contributed by atoms with E-state index in [2.05, 4.69) is 9.31 Å². The summed E-state index contributed by atoms with van der Waals surface area (Å²) in [6.45, 7) is -0.151. The Labute approximate surface area is 64.9 Å². The number of nitriles is 2. The summed E-state index contributed by atoms with van der Waals surface area (Å²) < 4.78 is 8.83. The van der Waals surface area contributed by atoms with E-state index >= 15 is 0 Å². The van der Waals surface area contributed by atoms with Gasteiger partial charge in [0.2, 0.25) is 0 Å². The Bertz CT molecular complexity index is 171. The van der Waals surface area contributed by atoms with Crippen molar-refractivity contribution in [2.75, 3.05) is 13.7 Å². The molecule has 0 atom stereocenters. The molecule has 0 bridgehead atoms. The summed E-state index contributed by atoms with van der Waals surface area (Å²) in [5.74, 6) is -0.861. The summed E-state index contributed by atoms with van der Waals surface area (Å²) in [5, 5.41) is 25.1. The molecule has 0 saturated heterocycles. The van der Waals surface area contributed by atoms with Crippen LogP contribution in [0.3, 0.4) is 0 Å². The Balaban J connectivity index is 3.55. The normalized spacial score (nSPS) is 8.82. The predicted molar refractivity (Wildman–Crippen MR) is 35.6 cm³/mol. The molecule has 0 aromatic heterocycles. The zero-order chi connectivity index (χ0) is 8.69. The number of hydrogen-bond acceptors (Lipinski definition) is 5. The summed E-state index contributed by atoms with van der Waals surface area (Å²) >= 11 is 0. The Morgan fingerprint density at radius 3 is 2.45 bits per heavy atom. The van der Waals surface area contributed by atoms with Crippen LogP contribution in [-0.2, 0) is 9.31 Å². The summed E-state index contributed by atoms with van der Waals surface area (Å²) in [7, 11) is -0.113. The molecule has 0 unspecified atom stereocenters. The maximum Gasteiger partial charge on any atom is 0.636 e. The number of rotatable bonds is 4. The van der Waals surface area contributed by atoms with Gasteiger partial charge in [-0.25, -0.2) is 0 Å². The maximum atomic E-state index is 8.63. The van der Waals surface area contributed by atoms with Gasteiger partial charge in [0.05, 0.1) is 18.7 Å². The van der Waals surface area contributed by atoms with Crippen molar-refractivity contribution in [1.82, 2.24) is 0 Å². The predicted octanol–water partition coefficient (Wildman–Crippen LogP) is -0.710. The van der Waals surface area contributed by atoms with Crippen molar-refractivity contribution < 1.29 is 14.3 Å². The second-order valence-corrected chi connectivity index (χ2v) is 1.69. The molecule has 0 aliphatic carbocycles. The first kappa shape index (κ1) is 9.92. The molecule has 0 spiro atoms. The minimum absolute atomic E-state index is 0.151. The van der Waals surface area contributed by atoms with Gasteiger partial charge in [0.25, 0.3) is 0 Å². The second kappa shape index (κ2) is 5.69. The SMILES string of the molecule is COB(O)OCC(C#N)C#N. The van der Waals surface area contributed by atoms with Crippen LogP contribution in [0.1, 0.15) is 0 Å². The van der Waals surface area contributed by atoms with Gasteiger partial charge in [-0.2, -0.15) is 10.5 Å². The van der Waals surface area contributed by atoms with Crippen LogP contribution >= 0.6 is 0 Å². The minimum atomic E-state index is -1.36. The third kappa shape index (κ3) is 4.34. The van der Waals surface area contributed by atoms with Gasteiger partial charge >= 0.3 is 7.32 Å². The topological polar surface area (TPSA) is 86.3 Å². The average molecular weight is 154 g/mol. The first-order valence-electron chi connectivity index (χ1n) is 2.86. The maximum absolute atomic E-state index is 8.63. The van der Waals surface area contributed by atoms with Gasteiger partial charge < -0.3 is 14.3 Å². The van der Waals surface area contributed by atoms with Crippen molar-refractivity contribution in [1.29, 1.82) is 10.5 Å². The first-order chi connectivity index (χ1) is 5.24. The van der Waals surface area contributed by atoms with E-state index in [-0.39, 0.29) is 6.61 Å². The molecule has 11 heavy (non-hydrogen) atoms. The zero-order valence-corrected chi connectivity index (χ0v) is 6.02. The smallest absolute Gasteiger partial charge is 0.402 e. The van der Waals surface area contributed by atoms with Crippen LogP contribution in [-0.4, -0.2) is 26.1 Å². The lowest BCUT2D eigenvalue weighted by Gasteiger charge is -2.03. The molecule has 0 aromatic rings. The highest BCUT2D eigenvalue weighted by atomic mass is 16.7.